The maximum atomic E-state index is 12.7. The Labute approximate surface area is 172 Å². The number of benzene rings is 2. The summed E-state index contributed by atoms with van der Waals surface area (Å²) in [5.74, 6) is 0.798. The fourth-order valence-corrected chi connectivity index (χ4v) is 3.04. The Kier molecular flexibility index (Phi) is 4.90. The summed E-state index contributed by atoms with van der Waals surface area (Å²) >= 11 is 6.13. The third kappa shape index (κ3) is 3.90. The Balaban J connectivity index is 1.55. The molecule has 2 aromatic heterocycles. The number of nitrogens with one attached hydrogen (secondary N) is 1. The highest BCUT2D eigenvalue weighted by molar-refractivity contribution is 6.31. The van der Waals surface area contributed by atoms with Crippen molar-refractivity contribution in [2.24, 2.45) is 0 Å². The molecule has 0 radical (unpaired) electrons. The van der Waals surface area contributed by atoms with Crippen LogP contribution in [0.1, 0.15) is 27.5 Å². The lowest BCUT2D eigenvalue weighted by Crippen LogP contribution is -2.12. The number of anilines is 1. The molecule has 29 heavy (non-hydrogen) atoms. The van der Waals surface area contributed by atoms with E-state index in [0.29, 0.717) is 33.7 Å². The first-order valence-electron chi connectivity index (χ1n) is 8.95. The van der Waals surface area contributed by atoms with Crippen molar-refractivity contribution in [3.05, 3.63) is 76.4 Å². The van der Waals surface area contributed by atoms with Crippen LogP contribution in [0.15, 0.2) is 53.2 Å². The number of aryl methyl sites for hydroxylation is 3. The van der Waals surface area contributed by atoms with E-state index in [0.717, 1.165) is 16.8 Å². The minimum Gasteiger partial charge on any atom is -0.339 e. The number of carbonyl (C=O) groups is 1. The molecule has 0 fully saturated rings. The van der Waals surface area contributed by atoms with Crippen LogP contribution in [-0.4, -0.2) is 25.8 Å². The predicted molar refractivity (Wildman–Crippen MR) is 110 cm³/mol. The molecule has 0 spiro atoms. The lowest BCUT2D eigenvalue weighted by atomic mass is 10.2. The number of aromatic nitrogens is 4. The zero-order valence-electron chi connectivity index (χ0n) is 16.1. The summed E-state index contributed by atoms with van der Waals surface area (Å²) < 4.78 is 6.67. The van der Waals surface area contributed by atoms with E-state index in [1.165, 1.54) is 0 Å². The molecule has 2 heterocycles. The van der Waals surface area contributed by atoms with E-state index in [4.69, 9.17) is 16.1 Å². The average molecular weight is 408 g/mol. The number of rotatable bonds is 4. The highest BCUT2D eigenvalue weighted by Gasteiger charge is 2.15. The molecule has 0 unspecified atom stereocenters. The Morgan fingerprint density at radius 3 is 2.52 bits per heavy atom. The third-order valence-corrected chi connectivity index (χ3v) is 4.90. The molecule has 1 amide bonds. The Morgan fingerprint density at radius 2 is 1.86 bits per heavy atom. The molecule has 0 saturated carbocycles. The van der Waals surface area contributed by atoms with E-state index in [1.54, 1.807) is 30.8 Å². The zero-order chi connectivity index (χ0) is 20.5. The monoisotopic (exact) mass is 407 g/mol. The van der Waals surface area contributed by atoms with Crippen LogP contribution in [0.2, 0.25) is 5.02 Å². The fourth-order valence-electron chi connectivity index (χ4n) is 2.86. The van der Waals surface area contributed by atoms with Crippen molar-refractivity contribution in [1.29, 1.82) is 0 Å². The van der Waals surface area contributed by atoms with Crippen molar-refractivity contribution < 1.29 is 9.32 Å². The smallest absolute Gasteiger partial charge is 0.259 e. The van der Waals surface area contributed by atoms with Crippen molar-refractivity contribution in [3.63, 3.8) is 0 Å². The van der Waals surface area contributed by atoms with E-state index in [1.807, 2.05) is 43.3 Å². The SMILES string of the molecule is Cc1nc(-c2ccc(-n3cc(C(=O)Nc4ccc(C)c(Cl)c4)c(C)n3)cc2)no1. The van der Waals surface area contributed by atoms with Crippen LogP contribution in [0, 0.1) is 20.8 Å². The Hall–Kier alpha value is -3.45. The second-order valence-corrected chi connectivity index (χ2v) is 7.08. The van der Waals surface area contributed by atoms with E-state index < -0.39 is 0 Å². The molecule has 0 atom stereocenters. The van der Waals surface area contributed by atoms with Gasteiger partial charge in [0, 0.05) is 29.4 Å². The summed E-state index contributed by atoms with van der Waals surface area (Å²) in [4.78, 5) is 16.9. The maximum Gasteiger partial charge on any atom is 0.259 e. The summed E-state index contributed by atoms with van der Waals surface area (Å²) in [6, 6.07) is 12.9. The zero-order valence-corrected chi connectivity index (χ0v) is 16.9. The van der Waals surface area contributed by atoms with Crippen LogP contribution in [0.5, 0.6) is 0 Å². The molecular formula is C21H18ClN5O2. The van der Waals surface area contributed by atoms with Gasteiger partial charge in [0.1, 0.15) is 0 Å². The molecule has 0 aliphatic rings. The molecule has 0 aliphatic carbocycles. The van der Waals surface area contributed by atoms with Crippen LogP contribution in [0.4, 0.5) is 5.69 Å². The number of amides is 1. The summed E-state index contributed by atoms with van der Waals surface area (Å²) in [6.07, 6.45) is 1.70. The quantitative estimate of drug-likeness (QED) is 0.527. The third-order valence-electron chi connectivity index (χ3n) is 4.49. The maximum absolute atomic E-state index is 12.7. The van der Waals surface area contributed by atoms with E-state index in [-0.39, 0.29) is 5.91 Å². The second kappa shape index (κ2) is 7.52. The first-order chi connectivity index (χ1) is 13.9. The molecule has 0 bridgehead atoms. The van der Waals surface area contributed by atoms with Gasteiger partial charge in [-0.1, -0.05) is 22.8 Å². The van der Waals surface area contributed by atoms with Crippen molar-refractivity contribution in [2.75, 3.05) is 5.32 Å². The summed E-state index contributed by atoms with van der Waals surface area (Å²) in [5, 5.41) is 11.8. The minimum absolute atomic E-state index is 0.243. The largest absolute Gasteiger partial charge is 0.339 e. The average Bonchev–Trinajstić information content (AvgIpc) is 3.31. The van der Waals surface area contributed by atoms with Crippen LogP contribution in [-0.2, 0) is 0 Å². The summed E-state index contributed by atoms with van der Waals surface area (Å²) in [6.45, 7) is 5.45. The molecule has 2 aromatic carbocycles. The second-order valence-electron chi connectivity index (χ2n) is 6.67. The summed E-state index contributed by atoms with van der Waals surface area (Å²) in [5.41, 5.74) is 4.35. The van der Waals surface area contributed by atoms with Gasteiger partial charge in [-0.15, -0.1) is 0 Å². The van der Waals surface area contributed by atoms with Crippen molar-refractivity contribution in [2.45, 2.75) is 20.8 Å². The molecule has 1 N–H and O–H groups in total. The number of hydrogen-bond donors (Lipinski definition) is 1. The van der Waals surface area contributed by atoms with Crippen LogP contribution >= 0.6 is 11.6 Å². The van der Waals surface area contributed by atoms with Gasteiger partial charge in [-0.2, -0.15) is 10.1 Å². The molecule has 7 nitrogen and oxygen atoms in total. The van der Waals surface area contributed by atoms with Gasteiger partial charge in [-0.05, 0) is 55.8 Å². The fraction of sp³-hybridized carbons (Fsp3) is 0.143. The summed E-state index contributed by atoms with van der Waals surface area (Å²) in [7, 11) is 0. The number of hydrogen-bond acceptors (Lipinski definition) is 5. The van der Waals surface area contributed by atoms with Crippen LogP contribution in [0.25, 0.3) is 17.1 Å². The number of halogens is 1. The first kappa shape index (κ1) is 18.9. The molecular weight excluding hydrogens is 390 g/mol. The van der Waals surface area contributed by atoms with Gasteiger partial charge in [0.15, 0.2) is 0 Å². The van der Waals surface area contributed by atoms with Crippen molar-refractivity contribution >= 4 is 23.2 Å². The highest BCUT2D eigenvalue weighted by atomic mass is 35.5. The molecule has 4 rings (SSSR count). The van der Waals surface area contributed by atoms with Crippen molar-refractivity contribution in [3.8, 4) is 17.1 Å². The molecule has 0 saturated heterocycles. The lowest BCUT2D eigenvalue weighted by Gasteiger charge is -2.06. The van der Waals surface area contributed by atoms with Gasteiger partial charge >= 0.3 is 0 Å². The lowest BCUT2D eigenvalue weighted by molar-refractivity contribution is 0.102. The van der Waals surface area contributed by atoms with Crippen LogP contribution < -0.4 is 5.32 Å². The number of carbonyl (C=O) groups excluding carboxylic acids is 1. The van der Waals surface area contributed by atoms with Gasteiger partial charge in [-0.25, -0.2) is 4.68 Å². The molecule has 8 heteroatoms. The topological polar surface area (TPSA) is 85.8 Å². The van der Waals surface area contributed by atoms with Gasteiger partial charge in [0.25, 0.3) is 5.91 Å². The van der Waals surface area contributed by atoms with E-state index in [2.05, 4.69) is 20.6 Å². The van der Waals surface area contributed by atoms with Gasteiger partial charge in [0.2, 0.25) is 11.7 Å². The van der Waals surface area contributed by atoms with E-state index in [9.17, 15) is 4.79 Å². The number of nitrogens with zero attached hydrogens (tertiary/aromatic N) is 4. The van der Waals surface area contributed by atoms with Gasteiger partial charge in [-0.3, -0.25) is 4.79 Å². The minimum atomic E-state index is -0.243. The van der Waals surface area contributed by atoms with Gasteiger partial charge in [0.05, 0.1) is 16.9 Å². The van der Waals surface area contributed by atoms with Crippen molar-refractivity contribution in [1.82, 2.24) is 19.9 Å². The Bertz CT molecular complexity index is 1190. The predicted octanol–water partition coefficient (Wildman–Crippen LogP) is 4.75. The molecule has 146 valence electrons. The molecule has 0 aliphatic heterocycles. The standard InChI is InChI=1S/C21H18ClN5O2/c1-12-4-7-16(10-19(12)22)24-21(28)18-11-27(25-13(18)2)17-8-5-15(6-9-17)20-23-14(3)29-26-20/h4-11H,1-3H3,(H,24,28). The first-order valence-corrected chi connectivity index (χ1v) is 9.33. The van der Waals surface area contributed by atoms with Gasteiger partial charge < -0.3 is 9.84 Å². The van der Waals surface area contributed by atoms with Crippen LogP contribution in [0.3, 0.4) is 0 Å². The Morgan fingerprint density at radius 1 is 1.10 bits per heavy atom. The van der Waals surface area contributed by atoms with E-state index >= 15 is 0 Å². The molecule has 4 aromatic rings. The normalized spacial score (nSPS) is 10.9. The highest BCUT2D eigenvalue weighted by Crippen LogP contribution is 2.22.